The summed E-state index contributed by atoms with van der Waals surface area (Å²) in [4.78, 5) is 12.4. The molecule has 0 saturated carbocycles. The van der Waals surface area contributed by atoms with Crippen LogP contribution in [0, 0.1) is 11.8 Å². The fourth-order valence-electron chi connectivity index (χ4n) is 2.82. The normalized spacial score (nSPS) is 16.8. The number of aromatic nitrogens is 1. The number of nitrogens with zero attached hydrogens (tertiary/aromatic N) is 1. The molecule has 1 atom stereocenters. The van der Waals surface area contributed by atoms with Gasteiger partial charge in [-0.25, -0.2) is 0 Å². The Labute approximate surface area is 142 Å². The number of amides is 1. The van der Waals surface area contributed by atoms with Gasteiger partial charge in [0.15, 0.2) is 0 Å². The zero-order valence-corrected chi connectivity index (χ0v) is 14.5. The first kappa shape index (κ1) is 16.6. The molecule has 5 heteroatoms. The molecule has 1 aromatic heterocycles. The Balaban J connectivity index is 1.66. The lowest BCUT2D eigenvalue weighted by Crippen LogP contribution is -2.15. The molecule has 1 aliphatic rings. The van der Waals surface area contributed by atoms with E-state index in [1.54, 1.807) is 12.1 Å². The van der Waals surface area contributed by atoms with E-state index < -0.39 is 0 Å². The van der Waals surface area contributed by atoms with Crippen molar-refractivity contribution < 1.29 is 14.1 Å². The Kier molecular flexibility index (Phi) is 4.88. The summed E-state index contributed by atoms with van der Waals surface area (Å²) in [6.07, 6.45) is 2.93. The maximum absolute atomic E-state index is 12.4. The highest BCUT2D eigenvalue weighted by atomic mass is 16.5. The van der Waals surface area contributed by atoms with Gasteiger partial charge >= 0.3 is 0 Å². The van der Waals surface area contributed by atoms with Crippen LogP contribution in [0.2, 0.25) is 0 Å². The molecule has 2 aromatic rings. The Bertz CT molecular complexity index is 704. The second-order valence-corrected chi connectivity index (χ2v) is 6.97. The summed E-state index contributed by atoms with van der Waals surface area (Å²) < 4.78 is 11.0. The summed E-state index contributed by atoms with van der Waals surface area (Å²) >= 11 is 0. The van der Waals surface area contributed by atoms with Crippen LogP contribution in [0.1, 0.15) is 48.8 Å². The SMILES string of the molecule is CC(C)COc1ccc(C(=O)Nc2onc3c2C[C@H](C)CC3)cc1. The first-order chi connectivity index (χ1) is 11.5. The van der Waals surface area contributed by atoms with Crippen molar-refractivity contribution in [1.29, 1.82) is 0 Å². The molecule has 0 aliphatic heterocycles. The van der Waals surface area contributed by atoms with E-state index in [2.05, 4.69) is 31.2 Å². The van der Waals surface area contributed by atoms with Crippen LogP contribution in [0.4, 0.5) is 5.88 Å². The van der Waals surface area contributed by atoms with E-state index in [0.717, 1.165) is 36.3 Å². The van der Waals surface area contributed by atoms with Crippen LogP contribution in [0.3, 0.4) is 0 Å². The Morgan fingerprint density at radius 3 is 2.83 bits per heavy atom. The highest BCUT2D eigenvalue weighted by molar-refractivity contribution is 6.04. The average Bonchev–Trinajstić information content (AvgIpc) is 2.95. The second kappa shape index (κ2) is 7.07. The number of nitrogens with one attached hydrogen (secondary N) is 1. The first-order valence-corrected chi connectivity index (χ1v) is 8.54. The molecule has 1 amide bonds. The predicted molar refractivity (Wildman–Crippen MR) is 92.4 cm³/mol. The molecule has 3 rings (SSSR count). The number of rotatable bonds is 5. The second-order valence-electron chi connectivity index (χ2n) is 6.97. The van der Waals surface area contributed by atoms with Crippen LogP contribution < -0.4 is 10.1 Å². The molecule has 0 spiro atoms. The lowest BCUT2D eigenvalue weighted by Gasteiger charge is -2.16. The molecule has 1 aromatic carbocycles. The van der Waals surface area contributed by atoms with Crippen molar-refractivity contribution >= 4 is 11.8 Å². The van der Waals surface area contributed by atoms with Crippen LogP contribution in [0.15, 0.2) is 28.8 Å². The summed E-state index contributed by atoms with van der Waals surface area (Å²) in [6.45, 7) is 7.06. The minimum atomic E-state index is -0.192. The smallest absolute Gasteiger partial charge is 0.258 e. The van der Waals surface area contributed by atoms with Crippen LogP contribution in [0.5, 0.6) is 5.75 Å². The number of hydrogen-bond donors (Lipinski definition) is 1. The molecular weight excluding hydrogens is 304 g/mol. The van der Waals surface area contributed by atoms with Crippen LogP contribution in [-0.4, -0.2) is 17.7 Å². The zero-order chi connectivity index (χ0) is 17.1. The minimum absolute atomic E-state index is 0.192. The van der Waals surface area contributed by atoms with Gasteiger partial charge in [-0.2, -0.15) is 0 Å². The molecule has 1 heterocycles. The number of ether oxygens (including phenoxy) is 1. The van der Waals surface area contributed by atoms with E-state index in [1.165, 1.54) is 0 Å². The van der Waals surface area contributed by atoms with E-state index in [1.807, 2.05) is 12.1 Å². The van der Waals surface area contributed by atoms with Gasteiger partial charge < -0.3 is 9.26 Å². The summed E-state index contributed by atoms with van der Waals surface area (Å²) in [6, 6.07) is 7.15. The number of hydrogen-bond acceptors (Lipinski definition) is 4. The lowest BCUT2D eigenvalue weighted by atomic mass is 9.89. The number of carbonyl (C=O) groups is 1. The average molecular weight is 328 g/mol. The van der Waals surface area contributed by atoms with Gasteiger partial charge in [-0.1, -0.05) is 25.9 Å². The Morgan fingerprint density at radius 2 is 2.12 bits per heavy atom. The molecule has 0 unspecified atom stereocenters. The number of carbonyl (C=O) groups excluding carboxylic acids is 1. The molecule has 5 nitrogen and oxygen atoms in total. The Morgan fingerprint density at radius 1 is 1.38 bits per heavy atom. The largest absolute Gasteiger partial charge is 0.493 e. The van der Waals surface area contributed by atoms with E-state index in [9.17, 15) is 4.79 Å². The molecule has 1 N–H and O–H groups in total. The molecule has 128 valence electrons. The van der Waals surface area contributed by atoms with Gasteiger partial charge in [0.1, 0.15) is 5.75 Å². The fraction of sp³-hybridized carbons (Fsp3) is 0.474. The van der Waals surface area contributed by atoms with Crippen LogP contribution in [0.25, 0.3) is 0 Å². The predicted octanol–water partition coefficient (Wildman–Crippen LogP) is 4.09. The van der Waals surface area contributed by atoms with Crippen molar-refractivity contribution in [1.82, 2.24) is 5.16 Å². The number of benzene rings is 1. The van der Waals surface area contributed by atoms with Crippen molar-refractivity contribution in [3.63, 3.8) is 0 Å². The van der Waals surface area contributed by atoms with E-state index >= 15 is 0 Å². The minimum Gasteiger partial charge on any atom is -0.493 e. The highest BCUT2D eigenvalue weighted by Crippen LogP contribution is 2.30. The molecule has 0 fully saturated rings. The van der Waals surface area contributed by atoms with E-state index in [0.29, 0.717) is 29.9 Å². The van der Waals surface area contributed by atoms with Gasteiger partial charge in [0, 0.05) is 11.1 Å². The first-order valence-electron chi connectivity index (χ1n) is 8.54. The lowest BCUT2D eigenvalue weighted by molar-refractivity contribution is 0.102. The van der Waals surface area contributed by atoms with Gasteiger partial charge in [0.05, 0.1) is 12.3 Å². The third kappa shape index (κ3) is 3.78. The molecule has 0 radical (unpaired) electrons. The van der Waals surface area contributed by atoms with Gasteiger partial charge in [0.25, 0.3) is 5.91 Å². The van der Waals surface area contributed by atoms with Gasteiger partial charge in [-0.3, -0.25) is 10.1 Å². The van der Waals surface area contributed by atoms with Crippen LogP contribution in [-0.2, 0) is 12.8 Å². The van der Waals surface area contributed by atoms with E-state index in [-0.39, 0.29) is 5.91 Å². The molecule has 1 aliphatic carbocycles. The number of aryl methyl sites for hydroxylation is 1. The fourth-order valence-corrected chi connectivity index (χ4v) is 2.82. The zero-order valence-electron chi connectivity index (χ0n) is 14.5. The third-order valence-electron chi connectivity index (χ3n) is 4.22. The maximum atomic E-state index is 12.4. The topological polar surface area (TPSA) is 64.4 Å². The van der Waals surface area contributed by atoms with Gasteiger partial charge in [0.2, 0.25) is 5.88 Å². The highest BCUT2D eigenvalue weighted by Gasteiger charge is 2.24. The quantitative estimate of drug-likeness (QED) is 0.898. The molecule has 24 heavy (non-hydrogen) atoms. The Hall–Kier alpha value is -2.30. The molecule has 0 bridgehead atoms. The van der Waals surface area contributed by atoms with Gasteiger partial charge in [-0.05, 0) is 55.4 Å². The third-order valence-corrected chi connectivity index (χ3v) is 4.22. The monoisotopic (exact) mass is 328 g/mol. The molecular formula is C19H24N2O3. The van der Waals surface area contributed by atoms with Gasteiger partial charge in [-0.15, -0.1) is 0 Å². The van der Waals surface area contributed by atoms with Crippen LogP contribution >= 0.6 is 0 Å². The standard InChI is InChI=1S/C19H24N2O3/c1-12(2)11-23-15-7-5-14(6-8-15)18(22)20-19-16-10-13(3)4-9-17(16)21-24-19/h5-8,12-13H,4,9-11H2,1-3H3,(H,20,22)/t13-/m1/s1. The number of anilines is 1. The van der Waals surface area contributed by atoms with Crippen molar-refractivity contribution in [2.45, 2.75) is 40.0 Å². The van der Waals surface area contributed by atoms with Crippen molar-refractivity contribution in [2.75, 3.05) is 11.9 Å². The van der Waals surface area contributed by atoms with E-state index in [4.69, 9.17) is 9.26 Å². The summed E-state index contributed by atoms with van der Waals surface area (Å²) in [5.74, 6) is 2.12. The van der Waals surface area contributed by atoms with Crippen molar-refractivity contribution in [2.24, 2.45) is 11.8 Å². The van der Waals surface area contributed by atoms with Crippen molar-refractivity contribution in [3.05, 3.63) is 41.1 Å². The number of fused-ring (bicyclic) bond motifs is 1. The molecule has 0 saturated heterocycles. The van der Waals surface area contributed by atoms with Crippen molar-refractivity contribution in [3.8, 4) is 5.75 Å². The maximum Gasteiger partial charge on any atom is 0.258 e. The summed E-state index contributed by atoms with van der Waals surface area (Å²) in [5.41, 5.74) is 2.58. The summed E-state index contributed by atoms with van der Waals surface area (Å²) in [5, 5.41) is 6.93. The summed E-state index contributed by atoms with van der Waals surface area (Å²) in [7, 11) is 0.